The van der Waals surface area contributed by atoms with Crippen LogP contribution in [0.2, 0.25) is 0 Å². The highest BCUT2D eigenvalue weighted by Gasteiger charge is 2.20. The van der Waals surface area contributed by atoms with E-state index in [1.54, 1.807) is 11.8 Å². The molecule has 1 atom stereocenters. The molecule has 0 bridgehead atoms. The number of carbonyl (C=O) groups is 2. The fourth-order valence-electron chi connectivity index (χ4n) is 1.75. The van der Waals surface area contributed by atoms with Crippen LogP contribution >= 0.6 is 11.8 Å². The first-order chi connectivity index (χ1) is 8.93. The molecule has 4 nitrogen and oxygen atoms in total. The van der Waals surface area contributed by atoms with E-state index in [0.717, 1.165) is 10.6 Å². The minimum absolute atomic E-state index is 0.0389. The van der Waals surface area contributed by atoms with Crippen molar-refractivity contribution >= 4 is 29.3 Å². The maximum Gasteiger partial charge on any atom is 0.319 e. The standard InChI is InChI=1S/C14H20N2O2S/c1-9(2)13(10(3)17)16-14(18)15-11-6-5-7-12(8-11)19-4/h5-9,13H,1-4H3,(H2,15,16,18). The van der Waals surface area contributed by atoms with E-state index in [-0.39, 0.29) is 17.7 Å². The molecule has 2 amide bonds. The largest absolute Gasteiger partial charge is 0.328 e. The molecule has 0 spiro atoms. The van der Waals surface area contributed by atoms with Crippen LogP contribution in [0, 0.1) is 5.92 Å². The van der Waals surface area contributed by atoms with Crippen molar-refractivity contribution in [1.29, 1.82) is 0 Å². The summed E-state index contributed by atoms with van der Waals surface area (Å²) in [5.41, 5.74) is 0.718. The number of thioether (sulfide) groups is 1. The topological polar surface area (TPSA) is 58.2 Å². The Hall–Kier alpha value is -1.49. The van der Waals surface area contributed by atoms with Crippen molar-refractivity contribution in [3.63, 3.8) is 0 Å². The van der Waals surface area contributed by atoms with Crippen molar-refractivity contribution in [3.05, 3.63) is 24.3 Å². The summed E-state index contributed by atoms with van der Waals surface area (Å²) < 4.78 is 0. The average Bonchev–Trinajstić information content (AvgIpc) is 2.35. The molecule has 0 aliphatic carbocycles. The average molecular weight is 280 g/mol. The number of hydrogen-bond donors (Lipinski definition) is 2. The molecule has 1 aromatic carbocycles. The number of nitrogens with one attached hydrogen (secondary N) is 2. The van der Waals surface area contributed by atoms with Gasteiger partial charge in [-0.3, -0.25) is 4.79 Å². The minimum atomic E-state index is -0.455. The van der Waals surface area contributed by atoms with E-state index in [2.05, 4.69) is 10.6 Å². The Morgan fingerprint density at radius 2 is 1.95 bits per heavy atom. The molecule has 1 unspecified atom stereocenters. The van der Waals surface area contributed by atoms with Crippen LogP contribution in [-0.4, -0.2) is 24.1 Å². The van der Waals surface area contributed by atoms with Gasteiger partial charge in [-0.05, 0) is 37.3 Å². The van der Waals surface area contributed by atoms with Crippen molar-refractivity contribution in [2.24, 2.45) is 5.92 Å². The van der Waals surface area contributed by atoms with Crippen LogP contribution in [0.25, 0.3) is 0 Å². The van der Waals surface area contributed by atoms with Crippen LogP contribution in [0.4, 0.5) is 10.5 Å². The number of hydrogen-bond acceptors (Lipinski definition) is 3. The van der Waals surface area contributed by atoms with Crippen molar-refractivity contribution in [3.8, 4) is 0 Å². The minimum Gasteiger partial charge on any atom is -0.328 e. The van der Waals surface area contributed by atoms with Crippen LogP contribution in [0.3, 0.4) is 0 Å². The lowest BCUT2D eigenvalue weighted by Crippen LogP contribution is -2.45. The van der Waals surface area contributed by atoms with Crippen molar-refractivity contribution in [1.82, 2.24) is 5.32 Å². The zero-order valence-electron chi connectivity index (χ0n) is 11.7. The lowest BCUT2D eigenvalue weighted by Gasteiger charge is -2.19. The molecule has 19 heavy (non-hydrogen) atoms. The van der Waals surface area contributed by atoms with E-state index in [1.165, 1.54) is 6.92 Å². The fraction of sp³-hybridized carbons (Fsp3) is 0.429. The maximum atomic E-state index is 11.9. The van der Waals surface area contributed by atoms with Gasteiger partial charge in [-0.2, -0.15) is 0 Å². The highest BCUT2D eigenvalue weighted by Crippen LogP contribution is 2.18. The van der Waals surface area contributed by atoms with E-state index in [1.807, 2.05) is 44.4 Å². The third-order valence-corrected chi connectivity index (χ3v) is 3.44. The van der Waals surface area contributed by atoms with Crippen molar-refractivity contribution in [2.75, 3.05) is 11.6 Å². The van der Waals surface area contributed by atoms with Crippen LogP contribution in [0.5, 0.6) is 0 Å². The molecular formula is C14H20N2O2S. The first kappa shape index (κ1) is 15.6. The van der Waals surface area contributed by atoms with Crippen molar-refractivity contribution in [2.45, 2.75) is 31.7 Å². The summed E-state index contributed by atoms with van der Waals surface area (Å²) >= 11 is 1.61. The Morgan fingerprint density at radius 1 is 1.26 bits per heavy atom. The number of amides is 2. The number of rotatable bonds is 5. The normalized spacial score (nSPS) is 12.1. The molecule has 0 heterocycles. The zero-order chi connectivity index (χ0) is 14.4. The molecule has 0 saturated carbocycles. The molecule has 1 rings (SSSR count). The smallest absolute Gasteiger partial charge is 0.319 e. The van der Waals surface area contributed by atoms with Gasteiger partial charge in [-0.25, -0.2) is 4.79 Å². The van der Waals surface area contributed by atoms with E-state index in [0.29, 0.717) is 0 Å². The summed E-state index contributed by atoms with van der Waals surface area (Å²) in [5.74, 6) is 0.0313. The first-order valence-corrected chi connectivity index (χ1v) is 7.38. The van der Waals surface area contributed by atoms with Gasteiger partial charge in [0.25, 0.3) is 0 Å². The van der Waals surface area contributed by atoms with Gasteiger partial charge in [0.2, 0.25) is 0 Å². The number of ketones is 1. The van der Waals surface area contributed by atoms with Gasteiger partial charge < -0.3 is 10.6 Å². The molecule has 1 aromatic rings. The summed E-state index contributed by atoms with van der Waals surface area (Å²) in [5, 5.41) is 5.44. The number of carbonyl (C=O) groups excluding carboxylic acids is 2. The summed E-state index contributed by atoms with van der Waals surface area (Å²) in [6.45, 7) is 5.29. The quantitative estimate of drug-likeness (QED) is 0.815. The summed E-state index contributed by atoms with van der Waals surface area (Å²) in [7, 11) is 0. The second-order valence-electron chi connectivity index (χ2n) is 4.66. The molecule has 0 aliphatic rings. The Morgan fingerprint density at radius 3 is 2.47 bits per heavy atom. The molecule has 5 heteroatoms. The lowest BCUT2D eigenvalue weighted by atomic mass is 10.0. The third-order valence-electron chi connectivity index (χ3n) is 2.72. The van der Waals surface area contributed by atoms with Crippen LogP contribution < -0.4 is 10.6 Å². The maximum absolute atomic E-state index is 11.9. The van der Waals surface area contributed by atoms with Crippen LogP contribution in [-0.2, 0) is 4.79 Å². The van der Waals surface area contributed by atoms with E-state index in [4.69, 9.17) is 0 Å². The van der Waals surface area contributed by atoms with Gasteiger partial charge in [0, 0.05) is 10.6 Å². The number of urea groups is 1. The Kier molecular flexibility index (Phi) is 5.89. The van der Waals surface area contributed by atoms with Crippen molar-refractivity contribution < 1.29 is 9.59 Å². The van der Waals surface area contributed by atoms with Gasteiger partial charge in [0.1, 0.15) is 0 Å². The number of anilines is 1. The Bertz CT molecular complexity index is 461. The molecule has 104 valence electrons. The summed E-state index contributed by atoms with van der Waals surface area (Å²) in [6, 6.07) is 6.75. The fourth-order valence-corrected chi connectivity index (χ4v) is 2.21. The monoisotopic (exact) mass is 280 g/mol. The molecule has 0 aliphatic heterocycles. The number of benzene rings is 1. The van der Waals surface area contributed by atoms with Gasteiger partial charge in [0.15, 0.2) is 5.78 Å². The van der Waals surface area contributed by atoms with E-state index < -0.39 is 6.04 Å². The molecule has 0 radical (unpaired) electrons. The summed E-state index contributed by atoms with van der Waals surface area (Å²) in [4.78, 5) is 24.4. The van der Waals surface area contributed by atoms with E-state index >= 15 is 0 Å². The highest BCUT2D eigenvalue weighted by atomic mass is 32.2. The third kappa shape index (κ3) is 4.95. The SMILES string of the molecule is CSc1cccc(NC(=O)NC(C(C)=O)C(C)C)c1. The molecule has 0 aromatic heterocycles. The lowest BCUT2D eigenvalue weighted by molar-refractivity contribution is -0.119. The molecular weight excluding hydrogens is 260 g/mol. The predicted octanol–water partition coefficient (Wildman–Crippen LogP) is 3.14. The first-order valence-electron chi connectivity index (χ1n) is 6.16. The second-order valence-corrected chi connectivity index (χ2v) is 5.54. The Labute approximate surface area is 118 Å². The zero-order valence-corrected chi connectivity index (χ0v) is 12.5. The van der Waals surface area contributed by atoms with Gasteiger partial charge in [-0.1, -0.05) is 19.9 Å². The molecule has 0 fully saturated rings. The van der Waals surface area contributed by atoms with E-state index in [9.17, 15) is 9.59 Å². The van der Waals surface area contributed by atoms with Crippen LogP contribution in [0.1, 0.15) is 20.8 Å². The second kappa shape index (κ2) is 7.19. The molecule has 2 N–H and O–H groups in total. The summed E-state index contributed by atoms with van der Waals surface area (Å²) in [6.07, 6.45) is 1.98. The van der Waals surface area contributed by atoms with Gasteiger partial charge >= 0.3 is 6.03 Å². The molecule has 0 saturated heterocycles. The highest BCUT2D eigenvalue weighted by molar-refractivity contribution is 7.98. The van der Waals surface area contributed by atoms with Gasteiger partial charge in [0.05, 0.1) is 6.04 Å². The van der Waals surface area contributed by atoms with Crippen LogP contribution in [0.15, 0.2) is 29.2 Å². The number of Topliss-reactive ketones (excluding diaryl/α,β-unsaturated/α-hetero) is 1. The predicted molar refractivity (Wildman–Crippen MR) is 79.7 cm³/mol. The Balaban J connectivity index is 2.66. The van der Waals surface area contributed by atoms with Gasteiger partial charge in [-0.15, -0.1) is 11.8 Å².